The molecule has 0 aliphatic carbocycles. The number of allylic oxidation sites excluding steroid dienone is 1. The molecule has 20 heavy (non-hydrogen) atoms. The monoisotopic (exact) mass is 298 g/mol. The number of rotatable bonds is 5. The Morgan fingerprint density at radius 3 is 2.80 bits per heavy atom. The fourth-order valence-electron chi connectivity index (χ4n) is 1.27. The van der Waals surface area contributed by atoms with Crippen molar-refractivity contribution in [3.8, 4) is 0 Å². The summed E-state index contributed by atoms with van der Waals surface area (Å²) in [5, 5.41) is 13.3. The van der Waals surface area contributed by atoms with E-state index in [2.05, 4.69) is 10.1 Å². The van der Waals surface area contributed by atoms with Crippen molar-refractivity contribution < 1.29 is 19.2 Å². The van der Waals surface area contributed by atoms with E-state index in [0.717, 1.165) is 12.1 Å². The second kappa shape index (κ2) is 7.25. The van der Waals surface area contributed by atoms with Gasteiger partial charge in [-0.25, -0.2) is 4.79 Å². The lowest BCUT2D eigenvalue weighted by molar-refractivity contribution is -0.383. The minimum Gasteiger partial charge on any atom is -0.452 e. The largest absolute Gasteiger partial charge is 0.452 e. The standard InChI is InChI=1S/C12H11ClN2O5/c1-2-3-12(17)20-7-11(16)14-9-5-4-8(13)6-10(9)15(18)19/h2-6H,7H2,1H3,(H,14,16)/b3-2+. The lowest BCUT2D eigenvalue weighted by Gasteiger charge is -2.06. The number of hydrogen-bond donors (Lipinski definition) is 1. The summed E-state index contributed by atoms with van der Waals surface area (Å²) in [6.45, 7) is 1.08. The van der Waals surface area contributed by atoms with Crippen LogP contribution in [0.1, 0.15) is 6.92 Å². The maximum atomic E-state index is 11.5. The van der Waals surface area contributed by atoms with Gasteiger partial charge in [0.1, 0.15) is 5.69 Å². The Morgan fingerprint density at radius 1 is 1.50 bits per heavy atom. The maximum Gasteiger partial charge on any atom is 0.330 e. The van der Waals surface area contributed by atoms with Crippen LogP contribution in [-0.4, -0.2) is 23.4 Å². The van der Waals surface area contributed by atoms with E-state index < -0.39 is 23.4 Å². The van der Waals surface area contributed by atoms with Crippen LogP contribution in [-0.2, 0) is 14.3 Å². The van der Waals surface area contributed by atoms with Crippen LogP contribution in [0, 0.1) is 10.1 Å². The number of nitrogens with zero attached hydrogens (tertiary/aromatic N) is 1. The summed E-state index contributed by atoms with van der Waals surface area (Å²) in [5.74, 6) is -1.36. The minimum atomic E-state index is -0.687. The first-order chi connectivity index (χ1) is 9.43. The Labute approximate surface area is 119 Å². The molecule has 0 aliphatic heterocycles. The topological polar surface area (TPSA) is 98.5 Å². The van der Waals surface area contributed by atoms with Crippen molar-refractivity contribution in [1.82, 2.24) is 0 Å². The van der Waals surface area contributed by atoms with E-state index in [-0.39, 0.29) is 16.4 Å². The highest BCUT2D eigenvalue weighted by Crippen LogP contribution is 2.27. The molecule has 0 saturated carbocycles. The predicted octanol–water partition coefficient (Wildman–Crippen LogP) is 2.31. The fourth-order valence-corrected chi connectivity index (χ4v) is 1.44. The van der Waals surface area contributed by atoms with Gasteiger partial charge in [0.2, 0.25) is 0 Å². The fraction of sp³-hybridized carbons (Fsp3) is 0.167. The van der Waals surface area contributed by atoms with E-state index in [9.17, 15) is 19.7 Å². The highest BCUT2D eigenvalue weighted by Gasteiger charge is 2.16. The molecule has 1 aromatic carbocycles. The van der Waals surface area contributed by atoms with Crippen molar-refractivity contribution in [3.63, 3.8) is 0 Å². The number of nitro groups is 1. The molecule has 0 unspecified atom stereocenters. The van der Waals surface area contributed by atoms with Gasteiger partial charge in [0.25, 0.3) is 11.6 Å². The highest BCUT2D eigenvalue weighted by molar-refractivity contribution is 6.31. The molecule has 0 aromatic heterocycles. The molecular weight excluding hydrogens is 288 g/mol. The molecule has 1 amide bonds. The molecule has 0 heterocycles. The molecule has 0 radical (unpaired) electrons. The number of esters is 1. The molecule has 8 heteroatoms. The first-order valence-corrected chi connectivity index (χ1v) is 5.85. The highest BCUT2D eigenvalue weighted by atomic mass is 35.5. The van der Waals surface area contributed by atoms with Gasteiger partial charge in [-0.2, -0.15) is 0 Å². The van der Waals surface area contributed by atoms with Crippen LogP contribution in [0.15, 0.2) is 30.4 Å². The molecule has 106 valence electrons. The van der Waals surface area contributed by atoms with Gasteiger partial charge < -0.3 is 10.1 Å². The zero-order valence-corrected chi connectivity index (χ0v) is 11.2. The van der Waals surface area contributed by atoms with Crippen LogP contribution in [0.2, 0.25) is 5.02 Å². The smallest absolute Gasteiger partial charge is 0.330 e. The van der Waals surface area contributed by atoms with Gasteiger partial charge in [-0.15, -0.1) is 0 Å². The van der Waals surface area contributed by atoms with Crippen LogP contribution in [0.25, 0.3) is 0 Å². The van der Waals surface area contributed by atoms with Crippen molar-refractivity contribution in [2.75, 3.05) is 11.9 Å². The van der Waals surface area contributed by atoms with Crippen LogP contribution in [0.3, 0.4) is 0 Å². The van der Waals surface area contributed by atoms with Crippen LogP contribution in [0.4, 0.5) is 11.4 Å². The summed E-state index contributed by atoms with van der Waals surface area (Å²) in [7, 11) is 0. The summed E-state index contributed by atoms with van der Waals surface area (Å²) in [6, 6.07) is 3.81. The Kier molecular flexibility index (Phi) is 5.67. The summed E-state index contributed by atoms with van der Waals surface area (Å²) in [6.07, 6.45) is 2.61. The van der Waals surface area contributed by atoms with Crippen LogP contribution >= 0.6 is 11.6 Å². The summed E-state index contributed by atoms with van der Waals surface area (Å²) >= 11 is 5.64. The van der Waals surface area contributed by atoms with E-state index in [0.29, 0.717) is 0 Å². The molecular formula is C12H11ClN2O5. The van der Waals surface area contributed by atoms with Crippen molar-refractivity contribution in [2.45, 2.75) is 6.92 Å². The number of nitro benzene ring substituents is 1. The zero-order valence-electron chi connectivity index (χ0n) is 10.5. The number of hydrogen-bond acceptors (Lipinski definition) is 5. The molecule has 0 fully saturated rings. The number of benzene rings is 1. The number of ether oxygens (including phenoxy) is 1. The van der Waals surface area contributed by atoms with Gasteiger partial charge in [0.05, 0.1) is 4.92 Å². The van der Waals surface area contributed by atoms with Gasteiger partial charge in [-0.3, -0.25) is 14.9 Å². The Balaban J connectivity index is 2.71. The summed E-state index contributed by atoms with van der Waals surface area (Å²) < 4.78 is 4.61. The Bertz CT molecular complexity index is 571. The average Bonchev–Trinajstić information content (AvgIpc) is 2.38. The van der Waals surface area contributed by atoms with E-state index in [4.69, 9.17) is 11.6 Å². The zero-order chi connectivity index (χ0) is 15.1. The predicted molar refractivity (Wildman–Crippen MR) is 72.5 cm³/mol. The van der Waals surface area contributed by atoms with E-state index >= 15 is 0 Å². The van der Waals surface area contributed by atoms with Gasteiger partial charge in [0, 0.05) is 17.2 Å². The van der Waals surface area contributed by atoms with Crippen molar-refractivity contribution in [3.05, 3.63) is 45.5 Å². The number of amides is 1. The Morgan fingerprint density at radius 2 is 2.20 bits per heavy atom. The molecule has 0 aliphatic rings. The third kappa shape index (κ3) is 4.69. The van der Waals surface area contributed by atoms with E-state index in [1.807, 2.05) is 0 Å². The third-order valence-corrected chi connectivity index (χ3v) is 2.31. The van der Waals surface area contributed by atoms with Crippen LogP contribution in [0.5, 0.6) is 0 Å². The molecule has 7 nitrogen and oxygen atoms in total. The van der Waals surface area contributed by atoms with Gasteiger partial charge in [-0.05, 0) is 19.1 Å². The van der Waals surface area contributed by atoms with E-state index in [1.165, 1.54) is 18.2 Å². The van der Waals surface area contributed by atoms with E-state index in [1.54, 1.807) is 6.92 Å². The second-order valence-corrected chi connectivity index (χ2v) is 4.01. The quantitative estimate of drug-likeness (QED) is 0.389. The van der Waals surface area contributed by atoms with Gasteiger partial charge in [-0.1, -0.05) is 17.7 Å². The number of anilines is 1. The SMILES string of the molecule is C/C=C/C(=O)OCC(=O)Nc1ccc(Cl)cc1[N+](=O)[O-]. The summed E-state index contributed by atoms with van der Waals surface area (Å²) in [5.41, 5.74) is -0.364. The first kappa shape index (κ1) is 15.6. The number of nitrogens with one attached hydrogen (secondary N) is 1. The lowest BCUT2D eigenvalue weighted by atomic mass is 10.2. The lowest BCUT2D eigenvalue weighted by Crippen LogP contribution is -2.20. The van der Waals surface area contributed by atoms with Crippen molar-refractivity contribution in [1.29, 1.82) is 0 Å². The molecule has 1 rings (SSSR count). The first-order valence-electron chi connectivity index (χ1n) is 5.47. The molecule has 1 N–H and O–H groups in total. The maximum absolute atomic E-state index is 11.5. The summed E-state index contributed by atoms with van der Waals surface area (Å²) in [4.78, 5) is 32.7. The molecule has 0 atom stereocenters. The van der Waals surface area contributed by atoms with Crippen LogP contribution < -0.4 is 5.32 Å². The third-order valence-electron chi connectivity index (χ3n) is 2.08. The molecule has 1 aromatic rings. The molecule has 0 saturated heterocycles. The minimum absolute atomic E-state index is 0.0218. The normalized spacial score (nSPS) is 10.3. The Hall–Kier alpha value is -2.41. The van der Waals surface area contributed by atoms with Crippen molar-refractivity contribution >= 4 is 34.9 Å². The van der Waals surface area contributed by atoms with Gasteiger partial charge in [0.15, 0.2) is 6.61 Å². The molecule has 0 bridgehead atoms. The second-order valence-electron chi connectivity index (χ2n) is 3.57. The molecule has 0 spiro atoms. The van der Waals surface area contributed by atoms with Gasteiger partial charge >= 0.3 is 5.97 Å². The number of carbonyl (C=O) groups is 2. The number of halogens is 1. The average molecular weight is 299 g/mol. The number of carbonyl (C=O) groups excluding carboxylic acids is 2. The van der Waals surface area contributed by atoms with Crippen molar-refractivity contribution in [2.24, 2.45) is 0 Å².